The summed E-state index contributed by atoms with van der Waals surface area (Å²) in [7, 11) is 0. The molecule has 0 fully saturated rings. The van der Waals surface area contributed by atoms with Gasteiger partial charge in [0.2, 0.25) is 0 Å². The second-order valence-corrected chi connectivity index (χ2v) is 10.9. The van der Waals surface area contributed by atoms with E-state index in [4.69, 9.17) is 4.74 Å². The average molecular weight is 567 g/mol. The minimum Gasteiger partial charge on any atom is -0.444 e. The van der Waals surface area contributed by atoms with Crippen molar-refractivity contribution < 1.29 is 22.7 Å². The number of benzene rings is 2. The molecule has 5 aromatic rings. The average Bonchev–Trinajstić information content (AvgIpc) is 3.48. The number of hydrogen-bond donors (Lipinski definition) is 2. The summed E-state index contributed by atoms with van der Waals surface area (Å²) in [6.45, 7) is 5.01. The Morgan fingerprint density at radius 2 is 1.90 bits per heavy atom. The molecule has 40 heavy (non-hydrogen) atoms. The summed E-state index contributed by atoms with van der Waals surface area (Å²) in [4.78, 5) is 24.8. The normalized spacial score (nSPS) is 12.0. The molecule has 0 aliphatic carbocycles. The third kappa shape index (κ3) is 5.01. The van der Waals surface area contributed by atoms with E-state index in [-0.39, 0.29) is 44.0 Å². The lowest BCUT2D eigenvalue weighted by Crippen LogP contribution is -2.32. The van der Waals surface area contributed by atoms with Crippen LogP contribution in [0.15, 0.2) is 53.5 Å². The van der Waals surface area contributed by atoms with Crippen LogP contribution in [0.4, 0.5) is 18.0 Å². The molecule has 0 bridgehead atoms. The van der Waals surface area contributed by atoms with Crippen molar-refractivity contribution in [2.24, 2.45) is 0 Å². The molecule has 13 heteroatoms. The Morgan fingerprint density at radius 1 is 1.15 bits per heavy atom. The Balaban J connectivity index is 1.67. The Morgan fingerprint density at radius 3 is 2.60 bits per heavy atom. The summed E-state index contributed by atoms with van der Waals surface area (Å²) in [6.07, 6.45) is -4.49. The first-order chi connectivity index (χ1) is 18.9. The first kappa shape index (κ1) is 26.9. The van der Waals surface area contributed by atoms with Gasteiger partial charge >= 0.3 is 12.4 Å². The number of aromatic amines is 1. The highest BCUT2D eigenvalue weighted by molar-refractivity contribution is 7.22. The third-order valence-corrected chi connectivity index (χ3v) is 7.09. The van der Waals surface area contributed by atoms with E-state index < -0.39 is 23.6 Å². The van der Waals surface area contributed by atoms with Gasteiger partial charge < -0.3 is 10.1 Å². The molecule has 3 heterocycles. The van der Waals surface area contributed by atoms with Crippen molar-refractivity contribution in [1.82, 2.24) is 25.3 Å². The fraction of sp³-hybridized carbons (Fsp3) is 0.222. The lowest BCUT2D eigenvalue weighted by atomic mass is 9.99. The zero-order valence-corrected chi connectivity index (χ0v) is 22.2. The molecule has 0 atom stereocenters. The number of thiophene rings is 1. The predicted octanol–water partition coefficient (Wildman–Crippen LogP) is 6.04. The number of ether oxygens (including phenoxy) is 1. The van der Waals surface area contributed by atoms with Gasteiger partial charge in [-0.25, -0.2) is 9.89 Å². The molecule has 204 valence electrons. The molecule has 3 aromatic heterocycles. The Hall–Kier alpha value is -4.70. The smallest absolute Gasteiger partial charge is 0.444 e. The second kappa shape index (κ2) is 9.80. The van der Waals surface area contributed by atoms with Gasteiger partial charge in [-0.2, -0.15) is 20.1 Å². The van der Waals surface area contributed by atoms with Gasteiger partial charge in [0.1, 0.15) is 11.7 Å². The van der Waals surface area contributed by atoms with E-state index in [1.165, 1.54) is 18.2 Å². The summed E-state index contributed by atoms with van der Waals surface area (Å²) < 4.78 is 48.2. The lowest BCUT2D eigenvalue weighted by molar-refractivity contribution is -0.210. The van der Waals surface area contributed by atoms with E-state index in [1.54, 1.807) is 45.0 Å². The number of hydrogen-bond acceptors (Lipinski definition) is 7. The minimum atomic E-state index is -4.87. The molecule has 5 rings (SSSR count). The number of nitrogens with zero attached hydrogens (tertiary/aromatic N) is 4. The van der Waals surface area contributed by atoms with Crippen LogP contribution in [-0.2, 0) is 17.6 Å². The Labute approximate surface area is 228 Å². The lowest BCUT2D eigenvalue weighted by Gasteiger charge is -2.19. The molecule has 0 spiro atoms. The number of amides is 1. The molecule has 2 N–H and O–H groups in total. The second-order valence-electron chi connectivity index (χ2n) is 9.82. The van der Waals surface area contributed by atoms with Crippen molar-refractivity contribution in [3.8, 4) is 27.8 Å². The SMILES string of the molecule is CC(C)(C)OC(=O)NCc1n[nH]c(=O)c2ccc(-c3cnn(C(F)(F)F)c3-c3sc4ccccc4c3C#N)cc12. The van der Waals surface area contributed by atoms with E-state index in [1.807, 2.05) is 6.07 Å². The van der Waals surface area contributed by atoms with Gasteiger partial charge in [0, 0.05) is 21.0 Å². The summed E-state index contributed by atoms with van der Waals surface area (Å²) in [5.41, 5.74) is -0.748. The topological polar surface area (TPSA) is 126 Å². The van der Waals surface area contributed by atoms with Gasteiger partial charge in [0.05, 0.1) is 40.0 Å². The molecule has 0 saturated carbocycles. The van der Waals surface area contributed by atoms with Gasteiger partial charge in [-0.05, 0) is 44.5 Å². The number of nitrogens with one attached hydrogen (secondary N) is 2. The highest BCUT2D eigenvalue weighted by Gasteiger charge is 2.37. The van der Waals surface area contributed by atoms with Crippen LogP contribution in [0.5, 0.6) is 0 Å². The zero-order chi connectivity index (χ0) is 28.8. The maximum atomic E-state index is 14.1. The third-order valence-electron chi connectivity index (χ3n) is 5.91. The van der Waals surface area contributed by atoms with E-state index in [2.05, 4.69) is 20.6 Å². The summed E-state index contributed by atoms with van der Waals surface area (Å²) in [6, 6.07) is 13.4. The summed E-state index contributed by atoms with van der Waals surface area (Å²) >= 11 is 1.06. The van der Waals surface area contributed by atoms with Crippen LogP contribution in [0.1, 0.15) is 32.0 Å². The molecule has 9 nitrogen and oxygen atoms in total. The number of halogens is 3. The standard InChI is InChI=1S/C27H21F3N6O3S/c1-26(2,3)39-25(38)32-13-20-17-10-14(8-9-16(17)24(37)35-34-20)19-12-33-36(27(28,29)30)22(19)23-18(11-31)15-6-4-5-7-21(15)40-23/h4-10,12H,13H2,1-3H3,(H,32,38)(H,35,37). The Bertz CT molecular complexity index is 1880. The highest BCUT2D eigenvalue weighted by Crippen LogP contribution is 2.45. The maximum Gasteiger partial charge on any atom is 0.505 e. The van der Waals surface area contributed by atoms with Crippen molar-refractivity contribution in [2.45, 2.75) is 39.2 Å². The van der Waals surface area contributed by atoms with Gasteiger partial charge in [-0.3, -0.25) is 4.79 Å². The maximum absolute atomic E-state index is 14.1. The molecule has 0 aliphatic rings. The van der Waals surface area contributed by atoms with Crippen LogP contribution >= 0.6 is 11.3 Å². The minimum absolute atomic E-state index is 0.0564. The molecule has 0 saturated heterocycles. The van der Waals surface area contributed by atoms with Crippen molar-refractivity contribution >= 4 is 38.3 Å². The van der Waals surface area contributed by atoms with Crippen molar-refractivity contribution in [3.63, 3.8) is 0 Å². The first-order valence-corrected chi connectivity index (χ1v) is 12.7. The van der Waals surface area contributed by atoms with E-state index >= 15 is 0 Å². The first-order valence-electron chi connectivity index (χ1n) is 11.9. The number of H-pyrrole nitrogens is 1. The van der Waals surface area contributed by atoms with Crippen LogP contribution in [0, 0.1) is 11.3 Å². The number of aromatic nitrogens is 4. The van der Waals surface area contributed by atoms with Crippen LogP contribution in [-0.4, -0.2) is 31.7 Å². The molecule has 0 unspecified atom stereocenters. The van der Waals surface area contributed by atoms with Crippen molar-refractivity contribution in [3.05, 3.63) is 70.3 Å². The van der Waals surface area contributed by atoms with E-state index in [9.17, 15) is 28.0 Å². The van der Waals surface area contributed by atoms with Gasteiger partial charge in [-0.15, -0.1) is 24.5 Å². The van der Waals surface area contributed by atoms with Crippen molar-refractivity contribution in [1.29, 1.82) is 5.26 Å². The van der Waals surface area contributed by atoms with Crippen LogP contribution < -0.4 is 10.9 Å². The molecular weight excluding hydrogens is 545 g/mol. The monoisotopic (exact) mass is 566 g/mol. The molecular formula is C27H21F3N6O3S. The quantitative estimate of drug-likeness (QED) is 0.273. The Kier molecular flexibility index (Phi) is 6.59. The number of fused-ring (bicyclic) bond motifs is 2. The largest absolute Gasteiger partial charge is 0.505 e. The fourth-order valence-corrected chi connectivity index (χ4v) is 5.48. The zero-order valence-electron chi connectivity index (χ0n) is 21.4. The molecule has 0 aliphatic heterocycles. The predicted molar refractivity (Wildman–Crippen MR) is 143 cm³/mol. The van der Waals surface area contributed by atoms with Gasteiger partial charge in [0.25, 0.3) is 5.56 Å². The van der Waals surface area contributed by atoms with E-state index in [0.29, 0.717) is 21.0 Å². The van der Waals surface area contributed by atoms with Crippen LogP contribution in [0.3, 0.4) is 0 Å². The number of alkyl halides is 3. The number of nitriles is 1. The molecule has 1 amide bonds. The summed E-state index contributed by atoms with van der Waals surface area (Å²) in [5, 5.41) is 23.6. The molecule has 0 radical (unpaired) electrons. The number of rotatable bonds is 4. The van der Waals surface area contributed by atoms with Crippen LogP contribution in [0.25, 0.3) is 42.6 Å². The summed E-state index contributed by atoms with van der Waals surface area (Å²) in [5.74, 6) is 0. The van der Waals surface area contributed by atoms with Crippen molar-refractivity contribution in [2.75, 3.05) is 0 Å². The molecule has 2 aromatic carbocycles. The van der Waals surface area contributed by atoms with Gasteiger partial charge in [0.15, 0.2) is 0 Å². The number of carbonyl (C=O) groups excluding carboxylic acids is 1. The van der Waals surface area contributed by atoms with Gasteiger partial charge in [-0.1, -0.05) is 24.3 Å². The number of carbonyl (C=O) groups is 1. The van der Waals surface area contributed by atoms with E-state index in [0.717, 1.165) is 17.5 Å². The number of alkyl carbamates (subject to hydrolysis) is 1. The van der Waals surface area contributed by atoms with Crippen LogP contribution in [0.2, 0.25) is 0 Å². The fourth-order valence-electron chi connectivity index (χ4n) is 4.29. The highest BCUT2D eigenvalue weighted by atomic mass is 32.1.